The number of carbonyl (C=O) groups excluding carboxylic acids is 1. The quantitative estimate of drug-likeness (QED) is 0.521. The van der Waals surface area contributed by atoms with Gasteiger partial charge in [0.05, 0.1) is 12.4 Å². The molecule has 2 fully saturated rings. The number of amides is 1. The Morgan fingerprint density at radius 3 is 2.50 bits per heavy atom. The zero-order chi connectivity index (χ0) is 17.8. The Bertz CT molecular complexity index is 578. The van der Waals surface area contributed by atoms with Crippen LogP contribution in [-0.2, 0) is 14.6 Å². The van der Waals surface area contributed by atoms with E-state index in [1.165, 1.54) is 6.26 Å². The highest BCUT2D eigenvalue weighted by Crippen LogP contribution is 2.46. The lowest BCUT2D eigenvalue weighted by atomic mass is 10.1. The number of nitrogens with zero attached hydrogens (tertiary/aromatic N) is 2. The number of hydrogen-bond acceptors (Lipinski definition) is 5. The Kier molecular flexibility index (Phi) is 5.95. The summed E-state index contributed by atoms with van der Waals surface area (Å²) in [5.74, 6) is 0.527. The van der Waals surface area contributed by atoms with Gasteiger partial charge in [0, 0.05) is 37.3 Å². The van der Waals surface area contributed by atoms with E-state index in [1.807, 2.05) is 0 Å². The molecule has 0 bridgehead atoms. The van der Waals surface area contributed by atoms with Crippen molar-refractivity contribution in [1.82, 2.24) is 10.2 Å². The number of guanidine groups is 1. The predicted octanol–water partition coefficient (Wildman–Crippen LogP) is 0.336. The van der Waals surface area contributed by atoms with Crippen molar-refractivity contribution < 1.29 is 17.9 Å². The summed E-state index contributed by atoms with van der Waals surface area (Å²) in [6.45, 7) is 3.87. The SMILES string of the molecule is CCOC(=O)N1CCC(NC(N)=NCC2(CS(C)(=O)=O)CC2)CC1. The van der Waals surface area contributed by atoms with E-state index < -0.39 is 9.84 Å². The van der Waals surface area contributed by atoms with Crippen LogP contribution in [-0.4, -0.2) is 69.7 Å². The fourth-order valence-electron chi connectivity index (χ4n) is 3.01. The Morgan fingerprint density at radius 2 is 2.00 bits per heavy atom. The molecule has 2 aliphatic rings. The van der Waals surface area contributed by atoms with Gasteiger partial charge in [-0.15, -0.1) is 0 Å². The molecule has 1 saturated heterocycles. The summed E-state index contributed by atoms with van der Waals surface area (Å²) in [5.41, 5.74) is 5.71. The normalized spacial score (nSPS) is 21.4. The van der Waals surface area contributed by atoms with Gasteiger partial charge in [-0.05, 0) is 32.6 Å². The highest BCUT2D eigenvalue weighted by Gasteiger charge is 2.45. The molecule has 1 saturated carbocycles. The molecule has 0 spiro atoms. The Labute approximate surface area is 143 Å². The van der Waals surface area contributed by atoms with Gasteiger partial charge in [-0.1, -0.05) is 0 Å². The second kappa shape index (κ2) is 7.58. The first kappa shape index (κ1) is 18.8. The number of hydrogen-bond donors (Lipinski definition) is 2. The second-order valence-electron chi connectivity index (χ2n) is 6.88. The zero-order valence-electron chi connectivity index (χ0n) is 14.5. The smallest absolute Gasteiger partial charge is 0.409 e. The molecule has 0 aromatic heterocycles. The molecule has 1 aliphatic carbocycles. The standard InChI is InChI=1S/C15H28N4O4S/c1-3-23-14(20)19-8-4-12(5-9-19)18-13(16)17-10-15(6-7-15)11-24(2,21)22/h12H,3-11H2,1-2H3,(H3,16,17,18). The van der Waals surface area contributed by atoms with Crippen LogP contribution in [0.1, 0.15) is 32.6 Å². The van der Waals surface area contributed by atoms with Gasteiger partial charge in [-0.2, -0.15) is 0 Å². The van der Waals surface area contributed by atoms with Crippen LogP contribution in [0.25, 0.3) is 0 Å². The molecule has 8 nitrogen and oxygen atoms in total. The van der Waals surface area contributed by atoms with Gasteiger partial charge in [0.1, 0.15) is 9.84 Å². The van der Waals surface area contributed by atoms with Crippen molar-refractivity contribution in [3.05, 3.63) is 0 Å². The highest BCUT2D eigenvalue weighted by molar-refractivity contribution is 7.90. The van der Waals surface area contributed by atoms with E-state index in [4.69, 9.17) is 10.5 Å². The maximum absolute atomic E-state index is 11.6. The first-order valence-electron chi connectivity index (χ1n) is 8.39. The summed E-state index contributed by atoms with van der Waals surface area (Å²) in [4.78, 5) is 17.7. The van der Waals surface area contributed by atoms with Gasteiger partial charge in [-0.25, -0.2) is 13.2 Å². The zero-order valence-corrected chi connectivity index (χ0v) is 15.3. The predicted molar refractivity (Wildman–Crippen MR) is 92.6 cm³/mol. The number of nitrogens with two attached hydrogens (primary N) is 1. The molecule has 0 aromatic rings. The third-order valence-corrected chi connectivity index (χ3v) is 5.62. The van der Waals surface area contributed by atoms with Crippen molar-refractivity contribution in [2.45, 2.75) is 38.6 Å². The van der Waals surface area contributed by atoms with Crippen molar-refractivity contribution in [1.29, 1.82) is 0 Å². The third kappa shape index (κ3) is 5.85. The summed E-state index contributed by atoms with van der Waals surface area (Å²) in [6.07, 6.45) is 4.32. The summed E-state index contributed by atoms with van der Waals surface area (Å²) in [5, 5.41) is 3.17. The molecule has 1 heterocycles. The first-order chi connectivity index (χ1) is 11.2. The van der Waals surface area contributed by atoms with Crippen LogP contribution in [0.2, 0.25) is 0 Å². The lowest BCUT2D eigenvalue weighted by Crippen LogP contribution is -2.48. The van der Waals surface area contributed by atoms with E-state index in [9.17, 15) is 13.2 Å². The van der Waals surface area contributed by atoms with Crippen molar-refractivity contribution in [3.63, 3.8) is 0 Å². The van der Waals surface area contributed by atoms with Crippen molar-refractivity contribution in [2.75, 3.05) is 38.2 Å². The molecule has 3 N–H and O–H groups in total. The fraction of sp³-hybridized carbons (Fsp3) is 0.867. The van der Waals surface area contributed by atoms with E-state index in [-0.39, 0.29) is 23.3 Å². The highest BCUT2D eigenvalue weighted by atomic mass is 32.2. The van der Waals surface area contributed by atoms with Gasteiger partial charge in [-0.3, -0.25) is 4.99 Å². The number of nitrogens with one attached hydrogen (secondary N) is 1. The topological polar surface area (TPSA) is 114 Å². The molecule has 24 heavy (non-hydrogen) atoms. The molecular weight excluding hydrogens is 332 g/mol. The monoisotopic (exact) mass is 360 g/mol. The fourth-order valence-corrected chi connectivity index (χ4v) is 4.50. The molecule has 0 unspecified atom stereocenters. The van der Waals surface area contributed by atoms with Crippen molar-refractivity contribution in [2.24, 2.45) is 16.1 Å². The molecule has 138 valence electrons. The Hall–Kier alpha value is -1.51. The Morgan fingerprint density at radius 1 is 1.38 bits per heavy atom. The maximum atomic E-state index is 11.6. The summed E-state index contributed by atoms with van der Waals surface area (Å²) < 4.78 is 27.9. The number of carbonyl (C=O) groups is 1. The van der Waals surface area contributed by atoms with Crippen LogP contribution in [0.3, 0.4) is 0 Å². The molecule has 0 atom stereocenters. The number of sulfone groups is 1. The first-order valence-corrected chi connectivity index (χ1v) is 10.4. The second-order valence-corrected chi connectivity index (χ2v) is 9.02. The minimum atomic E-state index is -2.99. The van der Waals surface area contributed by atoms with Gasteiger partial charge in [0.25, 0.3) is 0 Å². The average Bonchev–Trinajstić information content (AvgIpc) is 3.24. The van der Waals surface area contributed by atoms with E-state index in [0.717, 1.165) is 25.7 Å². The number of piperidine rings is 1. The average molecular weight is 360 g/mol. The summed E-state index contributed by atoms with van der Waals surface area (Å²) in [7, 11) is -2.99. The molecule has 2 rings (SSSR count). The number of aliphatic imine (C=N–C) groups is 1. The van der Waals surface area contributed by atoms with E-state index >= 15 is 0 Å². The van der Waals surface area contributed by atoms with Crippen LogP contribution in [0.15, 0.2) is 4.99 Å². The number of rotatable bonds is 6. The lowest BCUT2D eigenvalue weighted by Gasteiger charge is -2.31. The van der Waals surface area contributed by atoms with E-state index in [0.29, 0.717) is 32.2 Å². The minimum Gasteiger partial charge on any atom is -0.450 e. The van der Waals surface area contributed by atoms with Gasteiger partial charge in [0.15, 0.2) is 5.96 Å². The summed E-state index contributed by atoms with van der Waals surface area (Å²) in [6, 6.07) is 0.171. The summed E-state index contributed by atoms with van der Waals surface area (Å²) >= 11 is 0. The van der Waals surface area contributed by atoms with Crippen molar-refractivity contribution in [3.8, 4) is 0 Å². The molecular formula is C15H28N4O4S. The third-order valence-electron chi connectivity index (χ3n) is 4.48. The van der Waals surface area contributed by atoms with Gasteiger partial charge < -0.3 is 20.7 Å². The van der Waals surface area contributed by atoms with E-state index in [2.05, 4.69) is 10.3 Å². The maximum Gasteiger partial charge on any atom is 0.409 e. The van der Waals surface area contributed by atoms with Crippen molar-refractivity contribution >= 4 is 21.9 Å². The van der Waals surface area contributed by atoms with Crippen LogP contribution in [0, 0.1) is 5.41 Å². The minimum absolute atomic E-state index is 0.171. The van der Waals surface area contributed by atoms with Crippen LogP contribution in [0.4, 0.5) is 4.79 Å². The molecule has 0 aromatic carbocycles. The molecule has 0 radical (unpaired) electrons. The lowest BCUT2D eigenvalue weighted by molar-refractivity contribution is 0.0963. The number of likely N-dealkylation sites (tertiary alicyclic amines) is 1. The van der Waals surface area contributed by atoms with Crippen LogP contribution in [0.5, 0.6) is 0 Å². The largest absolute Gasteiger partial charge is 0.450 e. The van der Waals surface area contributed by atoms with E-state index in [1.54, 1.807) is 11.8 Å². The molecule has 1 amide bonds. The Balaban J connectivity index is 1.75. The molecule has 9 heteroatoms. The molecule has 1 aliphatic heterocycles. The van der Waals surface area contributed by atoms with Gasteiger partial charge >= 0.3 is 6.09 Å². The van der Waals surface area contributed by atoms with Crippen LogP contribution >= 0.6 is 0 Å². The van der Waals surface area contributed by atoms with Crippen LogP contribution < -0.4 is 11.1 Å². The van der Waals surface area contributed by atoms with Gasteiger partial charge in [0.2, 0.25) is 0 Å². The number of ether oxygens (including phenoxy) is 1.